The van der Waals surface area contributed by atoms with E-state index in [4.69, 9.17) is 5.73 Å². The van der Waals surface area contributed by atoms with Crippen LogP contribution in [0.25, 0.3) is 0 Å². The maximum atomic E-state index is 11.3. The van der Waals surface area contributed by atoms with Crippen LogP contribution in [0.3, 0.4) is 0 Å². The Hall–Kier alpha value is -1.16. The molecule has 0 atom stereocenters. The van der Waals surface area contributed by atoms with Crippen molar-refractivity contribution < 1.29 is 0 Å². The van der Waals surface area contributed by atoms with Gasteiger partial charge in [-0.25, -0.2) is 4.98 Å². The molecular formula is C8H13N3O. The Labute approximate surface area is 71.0 Å². The SMILES string of the molecule is CC(C)(CN)n1cnccc1=O. The molecule has 0 aromatic carbocycles. The summed E-state index contributed by atoms with van der Waals surface area (Å²) in [6.45, 7) is 4.21. The van der Waals surface area contributed by atoms with Crippen LogP contribution in [-0.2, 0) is 5.54 Å². The molecule has 1 heterocycles. The van der Waals surface area contributed by atoms with Gasteiger partial charge in [0.25, 0.3) is 5.56 Å². The molecule has 0 aliphatic rings. The molecule has 1 aromatic rings. The van der Waals surface area contributed by atoms with E-state index in [0.717, 1.165) is 0 Å². The van der Waals surface area contributed by atoms with Crippen LogP contribution in [0.4, 0.5) is 0 Å². The highest BCUT2D eigenvalue weighted by Crippen LogP contribution is 2.07. The van der Waals surface area contributed by atoms with Gasteiger partial charge >= 0.3 is 0 Å². The summed E-state index contributed by atoms with van der Waals surface area (Å²) < 4.78 is 1.53. The summed E-state index contributed by atoms with van der Waals surface area (Å²) in [5.41, 5.74) is 5.09. The highest BCUT2D eigenvalue weighted by Gasteiger charge is 2.18. The average molecular weight is 167 g/mol. The smallest absolute Gasteiger partial charge is 0.253 e. The molecule has 4 nitrogen and oxygen atoms in total. The van der Waals surface area contributed by atoms with Gasteiger partial charge in [-0.3, -0.25) is 9.36 Å². The zero-order valence-corrected chi connectivity index (χ0v) is 7.32. The van der Waals surface area contributed by atoms with Crippen molar-refractivity contribution in [1.82, 2.24) is 9.55 Å². The second-order valence-electron chi connectivity index (χ2n) is 3.31. The van der Waals surface area contributed by atoms with E-state index < -0.39 is 0 Å². The molecule has 0 saturated heterocycles. The van der Waals surface area contributed by atoms with Crippen molar-refractivity contribution in [2.75, 3.05) is 6.54 Å². The van der Waals surface area contributed by atoms with Gasteiger partial charge in [0, 0.05) is 18.8 Å². The van der Waals surface area contributed by atoms with Gasteiger partial charge in [0.2, 0.25) is 0 Å². The minimum Gasteiger partial charge on any atom is -0.328 e. The number of rotatable bonds is 2. The van der Waals surface area contributed by atoms with Crippen molar-refractivity contribution >= 4 is 0 Å². The van der Waals surface area contributed by atoms with Crippen molar-refractivity contribution in [1.29, 1.82) is 0 Å². The first-order chi connectivity index (χ1) is 5.58. The number of aromatic nitrogens is 2. The van der Waals surface area contributed by atoms with E-state index in [1.54, 1.807) is 0 Å². The summed E-state index contributed by atoms with van der Waals surface area (Å²) in [4.78, 5) is 15.2. The van der Waals surface area contributed by atoms with Crippen molar-refractivity contribution in [2.45, 2.75) is 19.4 Å². The molecule has 0 radical (unpaired) electrons. The Balaban J connectivity index is 3.20. The average Bonchev–Trinajstić information content (AvgIpc) is 2.05. The van der Waals surface area contributed by atoms with Crippen molar-refractivity contribution in [3.63, 3.8) is 0 Å². The lowest BCUT2D eigenvalue weighted by Crippen LogP contribution is -2.41. The van der Waals surface area contributed by atoms with Gasteiger partial charge in [-0.2, -0.15) is 0 Å². The van der Waals surface area contributed by atoms with E-state index in [9.17, 15) is 4.79 Å². The molecule has 0 bridgehead atoms. The molecule has 1 aromatic heterocycles. The molecule has 4 heteroatoms. The van der Waals surface area contributed by atoms with Crippen LogP contribution in [-0.4, -0.2) is 16.1 Å². The van der Waals surface area contributed by atoms with Crippen LogP contribution in [0, 0.1) is 0 Å². The first-order valence-corrected chi connectivity index (χ1v) is 3.81. The predicted molar refractivity (Wildman–Crippen MR) is 46.9 cm³/mol. The second-order valence-corrected chi connectivity index (χ2v) is 3.31. The fraction of sp³-hybridized carbons (Fsp3) is 0.500. The number of nitrogens with two attached hydrogens (primary N) is 1. The monoisotopic (exact) mass is 167 g/mol. The van der Waals surface area contributed by atoms with Crippen LogP contribution in [0.15, 0.2) is 23.4 Å². The molecule has 0 fully saturated rings. The molecule has 2 N–H and O–H groups in total. The number of nitrogens with zero attached hydrogens (tertiary/aromatic N) is 2. The van der Waals surface area contributed by atoms with Gasteiger partial charge in [-0.1, -0.05) is 0 Å². The Bertz CT molecular complexity index is 316. The van der Waals surface area contributed by atoms with Crippen molar-refractivity contribution in [3.8, 4) is 0 Å². The Morgan fingerprint density at radius 1 is 1.67 bits per heavy atom. The molecule has 0 aliphatic heterocycles. The minimum atomic E-state index is -0.356. The second kappa shape index (κ2) is 3.06. The standard InChI is InChI=1S/C8H13N3O/c1-8(2,5-9)11-6-10-4-3-7(11)12/h3-4,6H,5,9H2,1-2H3. The van der Waals surface area contributed by atoms with Crippen molar-refractivity contribution in [2.24, 2.45) is 5.73 Å². The van der Waals surface area contributed by atoms with Crippen LogP contribution in [0.1, 0.15) is 13.8 Å². The summed E-state index contributed by atoms with van der Waals surface area (Å²) in [5.74, 6) is 0. The van der Waals surface area contributed by atoms with E-state index in [0.29, 0.717) is 6.54 Å². The van der Waals surface area contributed by atoms with Gasteiger partial charge in [-0.05, 0) is 13.8 Å². The summed E-state index contributed by atoms with van der Waals surface area (Å²) in [5, 5.41) is 0. The van der Waals surface area contributed by atoms with Gasteiger partial charge in [-0.15, -0.1) is 0 Å². The zero-order valence-electron chi connectivity index (χ0n) is 7.32. The molecule has 0 aliphatic carbocycles. The highest BCUT2D eigenvalue weighted by molar-refractivity contribution is 4.89. The number of hydrogen-bond acceptors (Lipinski definition) is 3. The van der Waals surface area contributed by atoms with Gasteiger partial charge in [0.1, 0.15) is 0 Å². The van der Waals surface area contributed by atoms with Crippen LogP contribution >= 0.6 is 0 Å². The maximum Gasteiger partial charge on any atom is 0.253 e. The summed E-state index contributed by atoms with van der Waals surface area (Å²) >= 11 is 0. The third-order valence-electron chi connectivity index (χ3n) is 1.87. The predicted octanol–water partition coefficient (Wildman–Crippen LogP) is -0.0629. The lowest BCUT2D eigenvalue weighted by molar-refractivity contribution is 0.351. The third-order valence-corrected chi connectivity index (χ3v) is 1.87. The fourth-order valence-corrected chi connectivity index (χ4v) is 0.902. The molecule has 12 heavy (non-hydrogen) atoms. The fourth-order valence-electron chi connectivity index (χ4n) is 0.902. The first kappa shape index (κ1) is 8.93. The molecule has 0 saturated carbocycles. The van der Waals surface area contributed by atoms with Crippen molar-refractivity contribution in [3.05, 3.63) is 28.9 Å². The van der Waals surface area contributed by atoms with E-state index in [-0.39, 0.29) is 11.1 Å². The summed E-state index contributed by atoms with van der Waals surface area (Å²) in [7, 11) is 0. The van der Waals surface area contributed by atoms with Gasteiger partial charge < -0.3 is 5.73 Å². The molecule has 66 valence electrons. The highest BCUT2D eigenvalue weighted by atomic mass is 16.1. The first-order valence-electron chi connectivity index (χ1n) is 3.81. The molecule has 1 rings (SSSR count). The minimum absolute atomic E-state index is 0.0690. The van der Waals surface area contributed by atoms with Crippen LogP contribution in [0.2, 0.25) is 0 Å². The van der Waals surface area contributed by atoms with Gasteiger partial charge in [0.15, 0.2) is 0 Å². The molecular weight excluding hydrogens is 154 g/mol. The van der Waals surface area contributed by atoms with E-state index in [2.05, 4.69) is 4.98 Å². The van der Waals surface area contributed by atoms with E-state index >= 15 is 0 Å². The van der Waals surface area contributed by atoms with Crippen LogP contribution < -0.4 is 11.3 Å². The van der Waals surface area contributed by atoms with E-state index in [1.165, 1.54) is 23.2 Å². The topological polar surface area (TPSA) is 60.9 Å². The lowest BCUT2D eigenvalue weighted by Gasteiger charge is -2.24. The normalized spacial score (nSPS) is 11.6. The molecule has 0 spiro atoms. The molecule has 0 unspecified atom stereocenters. The largest absolute Gasteiger partial charge is 0.328 e. The molecule has 0 amide bonds. The lowest BCUT2D eigenvalue weighted by atomic mass is 10.1. The summed E-state index contributed by atoms with van der Waals surface area (Å²) in [6, 6.07) is 1.43. The van der Waals surface area contributed by atoms with Gasteiger partial charge in [0.05, 0.1) is 11.9 Å². The Morgan fingerprint density at radius 3 is 2.83 bits per heavy atom. The third kappa shape index (κ3) is 1.53. The Kier molecular flexibility index (Phi) is 2.28. The Morgan fingerprint density at radius 2 is 2.33 bits per heavy atom. The maximum absolute atomic E-state index is 11.3. The van der Waals surface area contributed by atoms with E-state index in [1.807, 2.05) is 13.8 Å². The zero-order chi connectivity index (χ0) is 9.19. The quantitative estimate of drug-likeness (QED) is 0.671. The summed E-state index contributed by atoms with van der Waals surface area (Å²) in [6.07, 6.45) is 2.99. The van der Waals surface area contributed by atoms with Crippen LogP contribution in [0.5, 0.6) is 0 Å². The number of hydrogen-bond donors (Lipinski definition) is 1.